The number of nitrogens with one attached hydrogen (secondary N) is 2. The molecule has 9 nitrogen and oxygen atoms in total. The van der Waals surface area contributed by atoms with Gasteiger partial charge in [0.25, 0.3) is 0 Å². The summed E-state index contributed by atoms with van der Waals surface area (Å²) in [5.74, 6) is -2.16. The first-order valence-electron chi connectivity index (χ1n) is 11.3. The van der Waals surface area contributed by atoms with Gasteiger partial charge in [0, 0.05) is 31.2 Å². The molecule has 0 bridgehead atoms. The second kappa shape index (κ2) is 13.0. The number of sulfonamides is 1. The molecule has 3 rings (SSSR count). The molecule has 0 saturated carbocycles. The molecule has 2 aromatic heterocycles. The number of hydrogen-bond acceptors (Lipinski definition) is 8. The van der Waals surface area contributed by atoms with E-state index in [4.69, 9.17) is 9.90 Å². The van der Waals surface area contributed by atoms with Gasteiger partial charge in [0.1, 0.15) is 15.7 Å². The molecule has 1 aliphatic rings. The van der Waals surface area contributed by atoms with Gasteiger partial charge in [-0.2, -0.15) is 26.3 Å². The molecular formula is C21H27F6N5O4S2. The Morgan fingerprint density at radius 2 is 1.92 bits per heavy atom. The maximum Gasteiger partial charge on any atom is 0.490 e. The highest BCUT2D eigenvalue weighted by Gasteiger charge is 2.40. The number of piperidine rings is 1. The maximum absolute atomic E-state index is 13.6. The normalized spacial score (nSPS) is 17.8. The summed E-state index contributed by atoms with van der Waals surface area (Å²) in [5.41, 5.74) is -1.44. The zero-order chi connectivity index (χ0) is 28.7. The average Bonchev–Trinajstić information content (AvgIpc) is 3.33. The van der Waals surface area contributed by atoms with E-state index in [1.165, 1.54) is 36.9 Å². The molecule has 2 aromatic rings. The van der Waals surface area contributed by atoms with Crippen molar-refractivity contribution < 1.29 is 44.7 Å². The number of hydrogen-bond donors (Lipinski definition) is 3. The summed E-state index contributed by atoms with van der Waals surface area (Å²) in [6.07, 6.45) is -6.21. The number of halogens is 6. The van der Waals surface area contributed by atoms with Crippen LogP contribution >= 0.6 is 11.3 Å². The number of pyridine rings is 1. The van der Waals surface area contributed by atoms with Gasteiger partial charge in [0.15, 0.2) is 5.69 Å². The van der Waals surface area contributed by atoms with E-state index in [0.717, 1.165) is 25.6 Å². The lowest BCUT2D eigenvalue weighted by Crippen LogP contribution is -2.37. The van der Waals surface area contributed by atoms with Crippen molar-refractivity contribution in [3.8, 4) is 0 Å². The number of carbonyl (C=O) groups is 1. The lowest BCUT2D eigenvalue weighted by molar-refractivity contribution is -0.192. The third kappa shape index (κ3) is 9.67. The van der Waals surface area contributed by atoms with Gasteiger partial charge in [-0.1, -0.05) is 6.92 Å². The van der Waals surface area contributed by atoms with Crippen LogP contribution in [0.4, 0.5) is 32.2 Å². The standard InChI is InChI=1S/C19H26F3N5O2S2.C2HF3O2/c1-13-4-3-9-27(12-13)10-7-23-16-6-5-15(17(25-16)19(20,21)22)31(28,29)26-14(2)18-24-8-11-30-18;3-2(4,5)1(6)7/h5-6,8,11,13-14,26H,3-4,7,9-10,12H2,1-2H3,(H,23,25);(H,6,7). The van der Waals surface area contributed by atoms with Gasteiger partial charge < -0.3 is 15.3 Å². The van der Waals surface area contributed by atoms with Crippen molar-refractivity contribution in [2.24, 2.45) is 5.92 Å². The van der Waals surface area contributed by atoms with Gasteiger partial charge in [-0.05, 0) is 44.4 Å². The molecule has 0 aromatic carbocycles. The summed E-state index contributed by atoms with van der Waals surface area (Å²) in [6, 6.07) is 1.44. The maximum atomic E-state index is 13.6. The first kappa shape index (κ1) is 31.7. The van der Waals surface area contributed by atoms with E-state index in [0.29, 0.717) is 24.0 Å². The van der Waals surface area contributed by atoms with Crippen LogP contribution in [-0.4, -0.2) is 66.7 Å². The fourth-order valence-corrected chi connectivity index (χ4v) is 5.68. The molecule has 1 saturated heterocycles. The van der Waals surface area contributed by atoms with E-state index in [2.05, 4.69) is 31.8 Å². The van der Waals surface area contributed by atoms with Gasteiger partial charge in [-0.25, -0.2) is 27.9 Å². The van der Waals surface area contributed by atoms with Crippen LogP contribution in [-0.2, 0) is 21.0 Å². The van der Waals surface area contributed by atoms with Crippen LogP contribution in [0.25, 0.3) is 0 Å². The first-order valence-corrected chi connectivity index (χ1v) is 13.6. The molecular weight excluding hydrogens is 564 g/mol. The predicted molar refractivity (Wildman–Crippen MR) is 127 cm³/mol. The summed E-state index contributed by atoms with van der Waals surface area (Å²) in [5, 5.41) is 12.1. The molecule has 2 atom stereocenters. The predicted octanol–water partition coefficient (Wildman–Crippen LogP) is 4.37. The van der Waals surface area contributed by atoms with Gasteiger partial charge >= 0.3 is 18.3 Å². The smallest absolute Gasteiger partial charge is 0.475 e. The third-order valence-electron chi connectivity index (χ3n) is 5.29. The van der Waals surface area contributed by atoms with Crippen molar-refractivity contribution >= 4 is 33.1 Å². The van der Waals surface area contributed by atoms with Crippen LogP contribution in [0.2, 0.25) is 0 Å². The summed E-state index contributed by atoms with van der Waals surface area (Å²) in [6.45, 7) is 6.73. The Morgan fingerprint density at radius 1 is 1.26 bits per heavy atom. The van der Waals surface area contributed by atoms with Crippen LogP contribution in [0.15, 0.2) is 28.6 Å². The fourth-order valence-electron chi connectivity index (χ4n) is 3.59. The number of alkyl halides is 6. The first-order chi connectivity index (χ1) is 17.5. The topological polar surface area (TPSA) is 125 Å². The fraction of sp³-hybridized carbons (Fsp3) is 0.571. The molecule has 3 N–H and O–H groups in total. The molecule has 1 fully saturated rings. The van der Waals surface area contributed by atoms with Crippen molar-refractivity contribution in [2.45, 2.75) is 50.0 Å². The van der Waals surface area contributed by atoms with Crippen LogP contribution in [0.1, 0.15) is 43.4 Å². The van der Waals surface area contributed by atoms with Gasteiger partial charge in [-0.15, -0.1) is 11.3 Å². The van der Waals surface area contributed by atoms with Crippen molar-refractivity contribution in [1.82, 2.24) is 19.6 Å². The number of thiazole rings is 1. The van der Waals surface area contributed by atoms with Crippen LogP contribution in [0.3, 0.4) is 0 Å². The zero-order valence-corrected chi connectivity index (χ0v) is 21.9. The molecule has 0 radical (unpaired) electrons. The summed E-state index contributed by atoms with van der Waals surface area (Å²) < 4.78 is 100. The molecule has 2 unspecified atom stereocenters. The number of aliphatic carboxylic acids is 1. The Bertz CT molecular complexity index is 1160. The molecule has 1 aliphatic heterocycles. The number of anilines is 1. The van der Waals surface area contributed by atoms with Crippen molar-refractivity contribution in [1.29, 1.82) is 0 Å². The van der Waals surface area contributed by atoms with Crippen molar-refractivity contribution in [3.63, 3.8) is 0 Å². The lowest BCUT2D eigenvalue weighted by atomic mass is 10.0. The Balaban J connectivity index is 0.000000638. The Kier molecular flexibility index (Phi) is 10.9. The second-order valence-corrected chi connectivity index (χ2v) is 11.1. The number of carboxylic acid groups (broad SMARTS) is 1. The van der Waals surface area contributed by atoms with Gasteiger partial charge in [0.05, 0.1) is 6.04 Å². The quantitative estimate of drug-likeness (QED) is 0.387. The lowest BCUT2D eigenvalue weighted by Gasteiger charge is -2.30. The van der Waals surface area contributed by atoms with Crippen molar-refractivity contribution in [2.75, 3.05) is 31.5 Å². The van der Waals surface area contributed by atoms with E-state index in [9.17, 15) is 34.8 Å². The molecule has 17 heteroatoms. The number of rotatable bonds is 8. The number of aromatic nitrogens is 2. The molecule has 3 heterocycles. The van der Waals surface area contributed by atoms with E-state index in [1.54, 1.807) is 5.38 Å². The number of likely N-dealkylation sites (tertiary alicyclic amines) is 1. The van der Waals surface area contributed by atoms with Crippen LogP contribution in [0.5, 0.6) is 0 Å². The summed E-state index contributed by atoms with van der Waals surface area (Å²) in [7, 11) is -4.46. The highest BCUT2D eigenvalue weighted by atomic mass is 32.2. The zero-order valence-electron chi connectivity index (χ0n) is 20.3. The van der Waals surface area contributed by atoms with Gasteiger partial charge in [0.2, 0.25) is 10.0 Å². The van der Waals surface area contributed by atoms with Crippen LogP contribution < -0.4 is 10.0 Å². The van der Waals surface area contributed by atoms with E-state index in [-0.39, 0.29) is 5.82 Å². The largest absolute Gasteiger partial charge is 0.490 e. The Morgan fingerprint density at radius 3 is 2.45 bits per heavy atom. The molecule has 214 valence electrons. The van der Waals surface area contributed by atoms with Gasteiger partial charge in [-0.3, -0.25) is 0 Å². The SMILES string of the molecule is CC1CCCN(CCNc2ccc(S(=O)(=O)NC(C)c3nccs3)c(C(F)(F)F)n2)C1.O=C(O)C(F)(F)F. The summed E-state index contributed by atoms with van der Waals surface area (Å²) >= 11 is 1.21. The Hall–Kier alpha value is -2.50. The molecule has 38 heavy (non-hydrogen) atoms. The van der Waals surface area contributed by atoms with E-state index >= 15 is 0 Å². The molecule has 0 spiro atoms. The third-order valence-corrected chi connectivity index (χ3v) is 7.82. The minimum Gasteiger partial charge on any atom is -0.475 e. The van der Waals surface area contributed by atoms with E-state index in [1.807, 2.05) is 0 Å². The minimum absolute atomic E-state index is 0.00990. The second-order valence-electron chi connectivity index (χ2n) is 8.53. The molecule has 0 aliphatic carbocycles. The highest BCUT2D eigenvalue weighted by molar-refractivity contribution is 7.89. The molecule has 0 amide bonds. The van der Waals surface area contributed by atoms with E-state index < -0.39 is 45.0 Å². The number of carboxylic acids is 1. The number of nitrogens with zero attached hydrogens (tertiary/aromatic N) is 3. The minimum atomic E-state index is -5.08. The van der Waals surface area contributed by atoms with Crippen molar-refractivity contribution in [3.05, 3.63) is 34.4 Å². The van der Waals surface area contributed by atoms with Crippen LogP contribution in [0, 0.1) is 5.92 Å². The Labute approximate surface area is 219 Å². The monoisotopic (exact) mass is 591 g/mol. The average molecular weight is 592 g/mol. The highest BCUT2D eigenvalue weighted by Crippen LogP contribution is 2.34. The summed E-state index contributed by atoms with van der Waals surface area (Å²) in [4.78, 5) is 17.8.